The summed E-state index contributed by atoms with van der Waals surface area (Å²) in [5.74, 6) is 0. The molecule has 0 amide bonds. The van der Waals surface area contributed by atoms with Crippen LogP contribution in [-0.4, -0.2) is 19.3 Å². The van der Waals surface area contributed by atoms with E-state index in [0.29, 0.717) is 0 Å². The molecular formula is C8H17BO2. The molecule has 0 saturated carbocycles. The Morgan fingerprint density at radius 1 is 1.18 bits per heavy atom. The number of unbranched alkanes of at least 4 members (excludes halogenated alkanes) is 1. The number of hydrogen-bond acceptors (Lipinski definition) is 2. The average molecular weight is 156 g/mol. The molecule has 0 N–H and O–H groups in total. The molecule has 3 heteroatoms. The fraction of sp³-hybridized carbons (Fsp3) is 1.00. The van der Waals surface area contributed by atoms with Gasteiger partial charge in [0, 0.05) is 0 Å². The van der Waals surface area contributed by atoms with E-state index in [1.54, 1.807) is 0 Å². The van der Waals surface area contributed by atoms with Crippen LogP contribution in [0.15, 0.2) is 0 Å². The molecule has 1 rings (SSSR count). The van der Waals surface area contributed by atoms with E-state index in [1.165, 1.54) is 12.8 Å². The number of hydrogen-bond donors (Lipinski definition) is 0. The van der Waals surface area contributed by atoms with Gasteiger partial charge in [0.05, 0.1) is 12.2 Å². The van der Waals surface area contributed by atoms with Gasteiger partial charge < -0.3 is 9.31 Å². The van der Waals surface area contributed by atoms with Crippen molar-refractivity contribution >= 4 is 7.12 Å². The number of rotatable bonds is 3. The molecule has 1 saturated heterocycles. The minimum Gasteiger partial charge on any atom is -0.406 e. The van der Waals surface area contributed by atoms with Crippen molar-refractivity contribution in [3.05, 3.63) is 0 Å². The monoisotopic (exact) mass is 156 g/mol. The van der Waals surface area contributed by atoms with Crippen molar-refractivity contribution in [2.24, 2.45) is 0 Å². The SMILES string of the molecule is CCCCB1O[C@H](C)[C@@H](C)O1. The van der Waals surface area contributed by atoms with Gasteiger partial charge in [0.15, 0.2) is 0 Å². The Morgan fingerprint density at radius 2 is 1.73 bits per heavy atom. The van der Waals surface area contributed by atoms with Crippen molar-refractivity contribution in [2.45, 2.75) is 52.1 Å². The third-order valence-electron chi connectivity index (χ3n) is 2.19. The van der Waals surface area contributed by atoms with Gasteiger partial charge in [-0.2, -0.15) is 0 Å². The molecule has 0 aromatic rings. The summed E-state index contributed by atoms with van der Waals surface area (Å²) in [6, 6.07) is 0. The molecule has 2 atom stereocenters. The summed E-state index contributed by atoms with van der Waals surface area (Å²) in [6.07, 6.45) is 4.01. The van der Waals surface area contributed by atoms with Crippen molar-refractivity contribution in [2.75, 3.05) is 0 Å². The van der Waals surface area contributed by atoms with Gasteiger partial charge in [-0.05, 0) is 20.2 Å². The van der Waals surface area contributed by atoms with Crippen LogP contribution in [0.3, 0.4) is 0 Å². The van der Waals surface area contributed by atoms with E-state index < -0.39 is 0 Å². The van der Waals surface area contributed by atoms with Gasteiger partial charge in [-0.3, -0.25) is 0 Å². The maximum atomic E-state index is 5.55. The molecule has 0 bridgehead atoms. The van der Waals surface area contributed by atoms with E-state index >= 15 is 0 Å². The van der Waals surface area contributed by atoms with E-state index in [0.717, 1.165) is 6.32 Å². The fourth-order valence-corrected chi connectivity index (χ4v) is 1.24. The lowest BCUT2D eigenvalue weighted by atomic mass is 9.83. The Kier molecular flexibility index (Phi) is 3.40. The Labute approximate surface area is 69.4 Å². The highest BCUT2D eigenvalue weighted by atomic mass is 16.6. The molecule has 64 valence electrons. The summed E-state index contributed by atoms with van der Waals surface area (Å²) < 4.78 is 11.1. The van der Waals surface area contributed by atoms with Crippen LogP contribution in [0.2, 0.25) is 6.32 Å². The standard InChI is InChI=1S/C8H17BO2/c1-4-5-6-9-10-7(2)8(3)11-9/h7-8H,4-6H2,1-3H3/t7-,8-/m1/s1. The summed E-state index contributed by atoms with van der Waals surface area (Å²) >= 11 is 0. The second-order valence-corrected chi connectivity index (χ2v) is 3.25. The molecule has 0 aromatic carbocycles. The minimum absolute atomic E-state index is 0.0694. The topological polar surface area (TPSA) is 18.5 Å². The first-order valence-electron chi connectivity index (χ1n) is 4.55. The molecule has 1 aliphatic heterocycles. The van der Waals surface area contributed by atoms with Gasteiger partial charge in [-0.15, -0.1) is 0 Å². The molecule has 1 heterocycles. The molecule has 11 heavy (non-hydrogen) atoms. The Bertz CT molecular complexity index is 109. The van der Waals surface area contributed by atoms with E-state index in [4.69, 9.17) is 9.31 Å². The fourth-order valence-electron chi connectivity index (χ4n) is 1.24. The second kappa shape index (κ2) is 4.12. The van der Waals surface area contributed by atoms with Crippen LogP contribution in [0.1, 0.15) is 33.6 Å². The van der Waals surface area contributed by atoms with Crippen LogP contribution < -0.4 is 0 Å². The first-order chi connectivity index (χ1) is 5.24. The third kappa shape index (κ3) is 2.49. The van der Waals surface area contributed by atoms with Gasteiger partial charge in [0.1, 0.15) is 0 Å². The summed E-state index contributed by atoms with van der Waals surface area (Å²) in [4.78, 5) is 0. The van der Waals surface area contributed by atoms with E-state index in [2.05, 4.69) is 20.8 Å². The Balaban J connectivity index is 2.18. The lowest BCUT2D eigenvalue weighted by molar-refractivity contribution is 0.187. The van der Waals surface area contributed by atoms with Gasteiger partial charge in [-0.1, -0.05) is 19.8 Å². The predicted octanol–water partition coefficient (Wildman–Crippen LogP) is 2.10. The van der Waals surface area contributed by atoms with Gasteiger partial charge in [0.25, 0.3) is 0 Å². The third-order valence-corrected chi connectivity index (χ3v) is 2.19. The zero-order chi connectivity index (χ0) is 8.27. The predicted molar refractivity (Wildman–Crippen MR) is 46.6 cm³/mol. The van der Waals surface area contributed by atoms with Crippen molar-refractivity contribution in [3.8, 4) is 0 Å². The smallest absolute Gasteiger partial charge is 0.406 e. The zero-order valence-electron chi connectivity index (χ0n) is 7.67. The summed E-state index contributed by atoms with van der Waals surface area (Å²) in [7, 11) is 0.0694. The first kappa shape index (κ1) is 9.08. The maximum absolute atomic E-state index is 5.55. The van der Waals surface area contributed by atoms with Crippen molar-refractivity contribution < 1.29 is 9.31 Å². The van der Waals surface area contributed by atoms with E-state index in [-0.39, 0.29) is 19.3 Å². The van der Waals surface area contributed by atoms with Crippen LogP contribution in [0.5, 0.6) is 0 Å². The highest BCUT2D eigenvalue weighted by Crippen LogP contribution is 2.19. The van der Waals surface area contributed by atoms with Crippen LogP contribution in [0.4, 0.5) is 0 Å². The lowest BCUT2D eigenvalue weighted by Crippen LogP contribution is -2.14. The Hall–Kier alpha value is -0.0151. The van der Waals surface area contributed by atoms with Crippen LogP contribution in [0.25, 0.3) is 0 Å². The molecule has 0 aliphatic carbocycles. The summed E-state index contributed by atoms with van der Waals surface area (Å²) in [5.41, 5.74) is 0. The van der Waals surface area contributed by atoms with Crippen LogP contribution >= 0.6 is 0 Å². The molecule has 0 aromatic heterocycles. The normalized spacial score (nSPS) is 31.4. The molecule has 1 aliphatic rings. The Morgan fingerprint density at radius 3 is 2.18 bits per heavy atom. The highest BCUT2D eigenvalue weighted by Gasteiger charge is 2.33. The largest absolute Gasteiger partial charge is 0.457 e. The maximum Gasteiger partial charge on any atom is 0.457 e. The van der Waals surface area contributed by atoms with E-state index in [9.17, 15) is 0 Å². The van der Waals surface area contributed by atoms with E-state index in [1.807, 2.05) is 0 Å². The average Bonchev–Trinajstić information content (AvgIpc) is 2.28. The highest BCUT2D eigenvalue weighted by molar-refractivity contribution is 6.45. The van der Waals surface area contributed by atoms with Crippen molar-refractivity contribution in [1.29, 1.82) is 0 Å². The van der Waals surface area contributed by atoms with Gasteiger partial charge in [0.2, 0.25) is 0 Å². The van der Waals surface area contributed by atoms with Gasteiger partial charge in [-0.25, -0.2) is 0 Å². The summed E-state index contributed by atoms with van der Waals surface area (Å²) in [6.45, 7) is 6.31. The van der Waals surface area contributed by atoms with Crippen molar-refractivity contribution in [1.82, 2.24) is 0 Å². The summed E-state index contributed by atoms with van der Waals surface area (Å²) in [5, 5.41) is 0. The van der Waals surface area contributed by atoms with Crippen LogP contribution in [-0.2, 0) is 9.31 Å². The van der Waals surface area contributed by atoms with Gasteiger partial charge >= 0.3 is 7.12 Å². The zero-order valence-corrected chi connectivity index (χ0v) is 7.67. The van der Waals surface area contributed by atoms with Crippen molar-refractivity contribution in [3.63, 3.8) is 0 Å². The van der Waals surface area contributed by atoms with Crippen LogP contribution in [0, 0.1) is 0 Å². The molecule has 0 radical (unpaired) electrons. The molecule has 2 nitrogen and oxygen atoms in total. The minimum atomic E-state index is 0.0694. The quantitative estimate of drug-likeness (QED) is 0.582. The molecule has 0 unspecified atom stereocenters. The molecular weight excluding hydrogens is 139 g/mol. The first-order valence-corrected chi connectivity index (χ1v) is 4.55. The second-order valence-electron chi connectivity index (χ2n) is 3.25. The molecule has 0 spiro atoms. The lowest BCUT2D eigenvalue weighted by Gasteiger charge is -2.04. The molecule has 1 fully saturated rings.